The lowest BCUT2D eigenvalue weighted by atomic mass is 10.1. The molecule has 0 aliphatic heterocycles. The van der Waals surface area contributed by atoms with Gasteiger partial charge in [0.25, 0.3) is 0 Å². The van der Waals surface area contributed by atoms with Gasteiger partial charge in [-0.3, -0.25) is 4.79 Å². The lowest BCUT2D eigenvalue weighted by Crippen LogP contribution is -2.36. The molecular formula is C18H19F2N3O2. The number of amides is 3. The Morgan fingerprint density at radius 3 is 2.16 bits per heavy atom. The van der Waals surface area contributed by atoms with Crippen molar-refractivity contribution >= 4 is 17.6 Å². The first-order valence-electron chi connectivity index (χ1n) is 7.75. The number of rotatable bonds is 6. The van der Waals surface area contributed by atoms with Crippen LogP contribution in [0.2, 0.25) is 0 Å². The summed E-state index contributed by atoms with van der Waals surface area (Å²) in [5.41, 5.74) is 2.06. The topological polar surface area (TPSA) is 70.2 Å². The summed E-state index contributed by atoms with van der Waals surface area (Å²) in [4.78, 5) is 22.6. The van der Waals surface area contributed by atoms with Gasteiger partial charge in [-0.25, -0.2) is 13.6 Å². The SMILES string of the molecule is CC(=O)Nc1ccc(CCNC(=O)NCc2cc(F)cc(F)c2)cc1. The zero-order valence-electron chi connectivity index (χ0n) is 13.7. The van der Waals surface area contributed by atoms with Crippen molar-refractivity contribution in [3.63, 3.8) is 0 Å². The summed E-state index contributed by atoms with van der Waals surface area (Å²) in [5, 5.41) is 7.88. The number of hydrogen-bond donors (Lipinski definition) is 3. The van der Waals surface area contributed by atoms with Crippen molar-refractivity contribution in [2.75, 3.05) is 11.9 Å². The maximum absolute atomic E-state index is 13.0. The Bertz CT molecular complexity index is 728. The zero-order chi connectivity index (χ0) is 18.2. The van der Waals surface area contributed by atoms with Gasteiger partial charge in [0.05, 0.1) is 0 Å². The summed E-state index contributed by atoms with van der Waals surface area (Å²) in [7, 11) is 0. The van der Waals surface area contributed by atoms with Crippen LogP contribution in [-0.4, -0.2) is 18.5 Å². The van der Waals surface area contributed by atoms with E-state index in [1.807, 2.05) is 12.1 Å². The number of halogens is 2. The lowest BCUT2D eigenvalue weighted by Gasteiger charge is -2.09. The van der Waals surface area contributed by atoms with Gasteiger partial charge in [-0.1, -0.05) is 12.1 Å². The molecule has 0 bridgehead atoms. The quantitative estimate of drug-likeness (QED) is 0.752. The van der Waals surface area contributed by atoms with Crippen LogP contribution < -0.4 is 16.0 Å². The van der Waals surface area contributed by atoms with Crippen LogP contribution in [0.15, 0.2) is 42.5 Å². The van der Waals surface area contributed by atoms with E-state index in [1.165, 1.54) is 19.1 Å². The van der Waals surface area contributed by atoms with Gasteiger partial charge in [0, 0.05) is 31.8 Å². The molecule has 0 heterocycles. The molecule has 2 aromatic rings. The van der Waals surface area contributed by atoms with E-state index in [1.54, 1.807) is 12.1 Å². The fraction of sp³-hybridized carbons (Fsp3) is 0.222. The largest absolute Gasteiger partial charge is 0.338 e. The zero-order valence-corrected chi connectivity index (χ0v) is 13.7. The van der Waals surface area contributed by atoms with E-state index < -0.39 is 17.7 Å². The summed E-state index contributed by atoms with van der Waals surface area (Å²) in [6.45, 7) is 1.88. The molecule has 0 aliphatic rings. The van der Waals surface area contributed by atoms with Crippen molar-refractivity contribution in [3.05, 3.63) is 65.2 Å². The molecule has 3 amide bonds. The Morgan fingerprint density at radius 2 is 1.56 bits per heavy atom. The van der Waals surface area contributed by atoms with Crippen LogP contribution >= 0.6 is 0 Å². The van der Waals surface area contributed by atoms with Gasteiger partial charge in [-0.2, -0.15) is 0 Å². The third-order valence-corrected chi connectivity index (χ3v) is 3.35. The fourth-order valence-corrected chi connectivity index (χ4v) is 2.24. The van der Waals surface area contributed by atoms with Crippen LogP contribution in [-0.2, 0) is 17.8 Å². The first kappa shape index (κ1) is 18.4. The molecule has 0 aliphatic carbocycles. The summed E-state index contributed by atoms with van der Waals surface area (Å²) < 4.78 is 26.1. The van der Waals surface area contributed by atoms with Crippen molar-refractivity contribution in [2.45, 2.75) is 19.9 Å². The van der Waals surface area contributed by atoms with Crippen LogP contribution in [0.3, 0.4) is 0 Å². The van der Waals surface area contributed by atoms with Crippen LogP contribution in [0.5, 0.6) is 0 Å². The fourth-order valence-electron chi connectivity index (χ4n) is 2.24. The smallest absolute Gasteiger partial charge is 0.315 e. The highest BCUT2D eigenvalue weighted by molar-refractivity contribution is 5.88. The molecule has 0 saturated carbocycles. The van der Waals surface area contributed by atoms with Crippen LogP contribution in [0, 0.1) is 11.6 Å². The van der Waals surface area contributed by atoms with E-state index in [0.717, 1.165) is 11.6 Å². The Labute approximate surface area is 144 Å². The van der Waals surface area contributed by atoms with Gasteiger partial charge >= 0.3 is 6.03 Å². The maximum atomic E-state index is 13.0. The molecule has 0 atom stereocenters. The molecule has 25 heavy (non-hydrogen) atoms. The van der Waals surface area contributed by atoms with E-state index in [-0.39, 0.29) is 12.5 Å². The first-order chi connectivity index (χ1) is 11.9. The summed E-state index contributed by atoms with van der Waals surface area (Å²) in [6.07, 6.45) is 0.613. The minimum atomic E-state index is -0.681. The normalized spacial score (nSPS) is 10.2. The van der Waals surface area contributed by atoms with Crippen molar-refractivity contribution in [1.82, 2.24) is 10.6 Å². The monoisotopic (exact) mass is 347 g/mol. The highest BCUT2D eigenvalue weighted by atomic mass is 19.1. The summed E-state index contributed by atoms with van der Waals surface area (Å²) >= 11 is 0. The van der Waals surface area contributed by atoms with Gasteiger partial charge in [0.1, 0.15) is 11.6 Å². The van der Waals surface area contributed by atoms with Crippen molar-refractivity contribution < 1.29 is 18.4 Å². The third kappa shape index (κ3) is 6.58. The second kappa shape index (κ2) is 8.77. The number of anilines is 1. The molecule has 0 unspecified atom stereocenters. The van der Waals surface area contributed by atoms with Crippen LogP contribution in [0.1, 0.15) is 18.1 Å². The van der Waals surface area contributed by atoms with E-state index in [2.05, 4.69) is 16.0 Å². The minimum absolute atomic E-state index is 0.0337. The standard InChI is InChI=1S/C18H19F2N3O2/c1-12(24)23-17-4-2-13(3-5-17)6-7-21-18(25)22-11-14-8-15(19)10-16(20)9-14/h2-5,8-10H,6-7,11H2,1H3,(H,23,24)(H2,21,22,25). The number of benzene rings is 2. The molecule has 0 aromatic heterocycles. The van der Waals surface area contributed by atoms with Gasteiger partial charge in [-0.05, 0) is 41.8 Å². The maximum Gasteiger partial charge on any atom is 0.315 e. The third-order valence-electron chi connectivity index (χ3n) is 3.35. The number of nitrogens with one attached hydrogen (secondary N) is 3. The summed E-state index contributed by atoms with van der Waals surface area (Å²) in [6, 6.07) is 9.99. The molecule has 0 fully saturated rings. The van der Waals surface area contributed by atoms with Gasteiger partial charge < -0.3 is 16.0 Å². The van der Waals surface area contributed by atoms with Crippen LogP contribution in [0.4, 0.5) is 19.3 Å². The van der Waals surface area contributed by atoms with E-state index in [0.29, 0.717) is 24.2 Å². The number of carbonyl (C=O) groups is 2. The molecule has 2 rings (SSSR count). The molecule has 0 saturated heterocycles. The second-order valence-electron chi connectivity index (χ2n) is 5.52. The first-order valence-corrected chi connectivity index (χ1v) is 7.75. The highest BCUT2D eigenvalue weighted by Gasteiger charge is 2.04. The number of hydrogen-bond acceptors (Lipinski definition) is 2. The van der Waals surface area contributed by atoms with Gasteiger partial charge in [0.15, 0.2) is 0 Å². The molecule has 3 N–H and O–H groups in total. The Hall–Kier alpha value is -2.96. The predicted molar refractivity (Wildman–Crippen MR) is 91.0 cm³/mol. The highest BCUT2D eigenvalue weighted by Crippen LogP contribution is 2.10. The minimum Gasteiger partial charge on any atom is -0.338 e. The Balaban J connectivity index is 1.72. The van der Waals surface area contributed by atoms with E-state index in [9.17, 15) is 18.4 Å². The lowest BCUT2D eigenvalue weighted by molar-refractivity contribution is -0.114. The molecule has 2 aromatic carbocycles. The van der Waals surface area contributed by atoms with Gasteiger partial charge in [0.2, 0.25) is 5.91 Å². The summed E-state index contributed by atoms with van der Waals surface area (Å²) in [5.74, 6) is -1.50. The molecular weight excluding hydrogens is 328 g/mol. The van der Waals surface area contributed by atoms with Crippen LogP contribution in [0.25, 0.3) is 0 Å². The molecule has 5 nitrogen and oxygen atoms in total. The van der Waals surface area contributed by atoms with E-state index in [4.69, 9.17) is 0 Å². The molecule has 132 valence electrons. The van der Waals surface area contributed by atoms with Crippen molar-refractivity contribution in [2.24, 2.45) is 0 Å². The number of urea groups is 1. The number of carbonyl (C=O) groups excluding carboxylic acids is 2. The Morgan fingerprint density at radius 1 is 0.920 bits per heavy atom. The molecule has 0 radical (unpaired) electrons. The predicted octanol–water partition coefficient (Wildman–Crippen LogP) is 2.97. The molecule has 7 heteroatoms. The van der Waals surface area contributed by atoms with Crippen molar-refractivity contribution in [3.8, 4) is 0 Å². The Kier molecular flexibility index (Phi) is 6.45. The average Bonchev–Trinajstić information content (AvgIpc) is 2.53. The second-order valence-corrected chi connectivity index (χ2v) is 5.52. The average molecular weight is 347 g/mol. The van der Waals surface area contributed by atoms with Gasteiger partial charge in [-0.15, -0.1) is 0 Å². The van der Waals surface area contributed by atoms with Crippen molar-refractivity contribution in [1.29, 1.82) is 0 Å². The van der Waals surface area contributed by atoms with E-state index >= 15 is 0 Å². The molecule has 0 spiro atoms.